The van der Waals surface area contributed by atoms with Gasteiger partial charge in [0.2, 0.25) is 5.91 Å². The van der Waals surface area contributed by atoms with Crippen LogP contribution in [-0.4, -0.2) is 29.4 Å². The fraction of sp³-hybridized carbons (Fsp3) is 0.846. The van der Waals surface area contributed by atoms with Gasteiger partial charge in [0.1, 0.15) is 0 Å². The second-order valence-electron chi connectivity index (χ2n) is 5.60. The summed E-state index contributed by atoms with van der Waals surface area (Å²) in [5.74, 6) is -0.619. The lowest BCUT2D eigenvalue weighted by Gasteiger charge is -2.40. The predicted octanol–water partition coefficient (Wildman–Crippen LogP) is 0.409. The molecule has 2 aliphatic rings. The van der Waals surface area contributed by atoms with Gasteiger partial charge in [0.05, 0.1) is 0 Å². The van der Waals surface area contributed by atoms with Crippen molar-refractivity contribution in [2.75, 3.05) is 6.54 Å². The van der Waals surface area contributed by atoms with E-state index < -0.39 is 11.9 Å². The van der Waals surface area contributed by atoms with E-state index in [1.54, 1.807) is 4.90 Å². The van der Waals surface area contributed by atoms with Crippen molar-refractivity contribution in [1.82, 2.24) is 4.90 Å². The molecule has 0 N–H and O–H groups in total. The van der Waals surface area contributed by atoms with Crippen LogP contribution in [0.4, 0.5) is 0 Å². The molecule has 1 saturated heterocycles. The van der Waals surface area contributed by atoms with Crippen molar-refractivity contribution in [3.63, 3.8) is 0 Å². The van der Waals surface area contributed by atoms with E-state index in [9.17, 15) is 14.7 Å². The van der Waals surface area contributed by atoms with Crippen LogP contribution in [0.2, 0.25) is 0 Å². The highest BCUT2D eigenvalue weighted by molar-refractivity contribution is 5.85. The van der Waals surface area contributed by atoms with Crippen LogP contribution in [-0.2, 0) is 9.59 Å². The van der Waals surface area contributed by atoms with Crippen LogP contribution >= 0.6 is 0 Å². The Labute approximate surface area is 102 Å². The van der Waals surface area contributed by atoms with Crippen LogP contribution in [0, 0.1) is 17.8 Å². The van der Waals surface area contributed by atoms with E-state index in [1.165, 1.54) is 6.42 Å². The number of rotatable bonds is 2. The van der Waals surface area contributed by atoms with Crippen molar-refractivity contribution < 1.29 is 14.7 Å². The lowest BCUT2D eigenvalue weighted by atomic mass is 9.77. The molecular weight excluding hydrogens is 218 g/mol. The first kappa shape index (κ1) is 12.4. The Morgan fingerprint density at radius 2 is 2.06 bits per heavy atom. The van der Waals surface area contributed by atoms with Gasteiger partial charge in [0.15, 0.2) is 0 Å². The molecule has 1 amide bonds. The van der Waals surface area contributed by atoms with Crippen molar-refractivity contribution >= 4 is 11.9 Å². The van der Waals surface area contributed by atoms with Crippen molar-refractivity contribution in [1.29, 1.82) is 0 Å². The smallest absolute Gasteiger partial charge is 0.223 e. The van der Waals surface area contributed by atoms with E-state index in [-0.39, 0.29) is 18.4 Å². The second kappa shape index (κ2) is 4.67. The summed E-state index contributed by atoms with van der Waals surface area (Å²) in [5.41, 5.74) is 0. The summed E-state index contributed by atoms with van der Waals surface area (Å²) < 4.78 is 0. The van der Waals surface area contributed by atoms with E-state index in [2.05, 4.69) is 13.8 Å². The quantitative estimate of drug-likeness (QED) is 0.700. The van der Waals surface area contributed by atoms with Crippen LogP contribution in [0.3, 0.4) is 0 Å². The molecule has 1 saturated carbocycles. The highest BCUT2D eigenvalue weighted by Gasteiger charge is 2.39. The average Bonchev–Trinajstić information content (AvgIpc) is 2.65. The molecule has 1 aliphatic heterocycles. The van der Waals surface area contributed by atoms with Gasteiger partial charge in [0, 0.05) is 30.9 Å². The first-order valence-electron chi connectivity index (χ1n) is 6.51. The molecule has 4 atom stereocenters. The molecule has 96 valence electrons. The van der Waals surface area contributed by atoms with E-state index in [0.717, 1.165) is 12.8 Å². The molecule has 0 aromatic rings. The van der Waals surface area contributed by atoms with E-state index in [4.69, 9.17) is 0 Å². The predicted molar refractivity (Wildman–Crippen MR) is 60.8 cm³/mol. The van der Waals surface area contributed by atoms with Gasteiger partial charge in [-0.25, -0.2) is 0 Å². The number of likely N-dealkylation sites (tertiary alicyclic amines) is 1. The molecule has 17 heavy (non-hydrogen) atoms. The number of carboxylic acid groups (broad SMARTS) is 1. The molecule has 0 unspecified atom stereocenters. The summed E-state index contributed by atoms with van der Waals surface area (Å²) in [4.78, 5) is 24.5. The molecule has 4 heteroatoms. The molecule has 1 aliphatic carbocycles. The van der Waals surface area contributed by atoms with Crippen LogP contribution < -0.4 is 5.11 Å². The largest absolute Gasteiger partial charge is 0.550 e. The normalized spacial score (nSPS) is 38.5. The molecule has 0 aromatic heterocycles. The number of carbonyl (C=O) groups is 2. The van der Waals surface area contributed by atoms with Gasteiger partial charge in [-0.1, -0.05) is 26.7 Å². The summed E-state index contributed by atoms with van der Waals surface area (Å²) in [7, 11) is 0. The summed E-state index contributed by atoms with van der Waals surface area (Å²) in [5, 5.41) is 10.8. The number of hydrogen-bond donors (Lipinski definition) is 0. The van der Waals surface area contributed by atoms with Crippen LogP contribution in [0.25, 0.3) is 0 Å². The lowest BCUT2D eigenvalue weighted by molar-refractivity contribution is -0.311. The maximum atomic E-state index is 11.9. The molecule has 0 spiro atoms. The standard InChI is InChI=1S/C13H21NO3/c1-8-4-3-5-11(9(8)2)14-7-10(13(16)17)6-12(14)15/h8-11H,3-7H2,1-2H3,(H,16,17)/p-1/t8-,9+,10+,11-/m0/s1. The van der Waals surface area contributed by atoms with Crippen molar-refractivity contribution in [2.45, 2.75) is 45.6 Å². The molecule has 4 nitrogen and oxygen atoms in total. The zero-order valence-electron chi connectivity index (χ0n) is 10.5. The second-order valence-corrected chi connectivity index (χ2v) is 5.60. The Morgan fingerprint density at radius 1 is 1.35 bits per heavy atom. The zero-order chi connectivity index (χ0) is 12.6. The maximum absolute atomic E-state index is 11.9. The minimum absolute atomic E-state index is 0.00912. The van der Waals surface area contributed by atoms with E-state index >= 15 is 0 Å². The van der Waals surface area contributed by atoms with Crippen molar-refractivity contribution in [3.05, 3.63) is 0 Å². The summed E-state index contributed by atoms with van der Waals surface area (Å²) in [6.45, 7) is 4.74. The Hall–Kier alpha value is -1.06. The van der Waals surface area contributed by atoms with Gasteiger partial charge in [-0.3, -0.25) is 4.79 Å². The van der Waals surface area contributed by atoms with Gasteiger partial charge in [-0.2, -0.15) is 0 Å². The Balaban J connectivity index is 2.07. The summed E-state index contributed by atoms with van der Waals surface area (Å²) in [6, 6.07) is 0.232. The minimum Gasteiger partial charge on any atom is -0.550 e. The third kappa shape index (κ3) is 2.31. The van der Waals surface area contributed by atoms with Gasteiger partial charge >= 0.3 is 0 Å². The van der Waals surface area contributed by atoms with Crippen molar-refractivity contribution in [3.8, 4) is 0 Å². The third-order valence-electron chi connectivity index (χ3n) is 4.56. The average molecular weight is 238 g/mol. The number of carbonyl (C=O) groups excluding carboxylic acids is 2. The monoisotopic (exact) mass is 238 g/mol. The summed E-state index contributed by atoms with van der Waals surface area (Å²) in [6.07, 6.45) is 3.48. The highest BCUT2D eigenvalue weighted by Crippen LogP contribution is 2.35. The number of amides is 1. The van der Waals surface area contributed by atoms with Crippen molar-refractivity contribution in [2.24, 2.45) is 17.8 Å². The molecule has 0 bridgehead atoms. The number of nitrogens with zero attached hydrogens (tertiary/aromatic N) is 1. The molecule has 2 rings (SSSR count). The lowest BCUT2D eigenvalue weighted by Crippen LogP contribution is -2.45. The minimum atomic E-state index is -1.09. The first-order valence-corrected chi connectivity index (χ1v) is 6.51. The zero-order valence-corrected chi connectivity index (χ0v) is 10.5. The topological polar surface area (TPSA) is 60.4 Å². The van der Waals surface area contributed by atoms with Gasteiger partial charge in [-0.15, -0.1) is 0 Å². The maximum Gasteiger partial charge on any atom is 0.223 e. The highest BCUT2D eigenvalue weighted by atomic mass is 16.4. The van der Waals surface area contributed by atoms with Gasteiger partial charge in [0.25, 0.3) is 0 Å². The Bertz CT molecular complexity index is 329. The number of aliphatic carboxylic acids is 1. The third-order valence-corrected chi connectivity index (χ3v) is 4.56. The fourth-order valence-corrected chi connectivity index (χ4v) is 3.20. The van der Waals surface area contributed by atoms with E-state index in [1.807, 2.05) is 0 Å². The first-order chi connectivity index (χ1) is 8.00. The van der Waals surface area contributed by atoms with E-state index in [0.29, 0.717) is 18.4 Å². The van der Waals surface area contributed by atoms with Crippen LogP contribution in [0.15, 0.2) is 0 Å². The van der Waals surface area contributed by atoms with Gasteiger partial charge in [-0.05, 0) is 18.3 Å². The Morgan fingerprint density at radius 3 is 2.65 bits per heavy atom. The SMILES string of the molecule is C[C@@H]1[C@@H](C)CCC[C@@H]1N1C[C@H](C(=O)[O-])CC1=O. The van der Waals surface area contributed by atoms with Crippen LogP contribution in [0.1, 0.15) is 39.5 Å². The summed E-state index contributed by atoms with van der Waals surface area (Å²) >= 11 is 0. The van der Waals surface area contributed by atoms with Gasteiger partial charge < -0.3 is 14.8 Å². The Kier molecular flexibility index (Phi) is 3.40. The van der Waals surface area contributed by atoms with Crippen LogP contribution in [0.5, 0.6) is 0 Å². The molecule has 0 aromatic carbocycles. The molecule has 1 heterocycles. The fourth-order valence-electron chi connectivity index (χ4n) is 3.20. The molecular formula is C13H20NO3-. The number of carboxylic acids is 1. The molecule has 2 fully saturated rings. The number of hydrogen-bond acceptors (Lipinski definition) is 3. The molecule has 0 radical (unpaired) electrons.